The Morgan fingerprint density at radius 1 is 1.33 bits per heavy atom. The van der Waals surface area contributed by atoms with Crippen LogP contribution in [0.2, 0.25) is 0 Å². The Balaban J connectivity index is 1.50. The van der Waals surface area contributed by atoms with E-state index in [1.807, 2.05) is 23.7 Å². The molecule has 7 nitrogen and oxygen atoms in total. The number of oxazole rings is 1. The SMILES string of the molecule is Cc1oc(-c2ccco2)nc1CN1CCCCC1Cn1cncn1. The summed E-state index contributed by atoms with van der Waals surface area (Å²) in [5, 5.41) is 4.24. The number of nitrogens with zero attached hydrogens (tertiary/aromatic N) is 5. The van der Waals surface area contributed by atoms with Gasteiger partial charge in [0, 0.05) is 12.6 Å². The van der Waals surface area contributed by atoms with Gasteiger partial charge in [-0.3, -0.25) is 9.58 Å². The van der Waals surface area contributed by atoms with Gasteiger partial charge < -0.3 is 8.83 Å². The quantitative estimate of drug-likeness (QED) is 0.717. The van der Waals surface area contributed by atoms with Gasteiger partial charge in [0.15, 0.2) is 5.76 Å². The number of hydrogen-bond donors (Lipinski definition) is 0. The molecular weight excluding hydrogens is 306 g/mol. The summed E-state index contributed by atoms with van der Waals surface area (Å²) in [5.41, 5.74) is 0.979. The Labute approximate surface area is 140 Å². The van der Waals surface area contributed by atoms with E-state index in [9.17, 15) is 0 Å². The molecule has 3 aromatic rings. The molecule has 1 aliphatic heterocycles. The predicted molar refractivity (Wildman–Crippen MR) is 87.0 cm³/mol. The average molecular weight is 327 g/mol. The molecular formula is C17H21N5O2. The Kier molecular flexibility index (Phi) is 4.17. The molecule has 1 atom stereocenters. The predicted octanol–water partition coefficient (Wildman–Crippen LogP) is 2.89. The van der Waals surface area contributed by atoms with Crippen LogP contribution in [0.4, 0.5) is 0 Å². The number of furan rings is 1. The van der Waals surface area contributed by atoms with Crippen LogP contribution >= 0.6 is 0 Å². The van der Waals surface area contributed by atoms with Gasteiger partial charge in [-0.25, -0.2) is 9.97 Å². The molecule has 0 radical (unpaired) electrons. The van der Waals surface area contributed by atoms with Crippen molar-refractivity contribution in [3.8, 4) is 11.7 Å². The van der Waals surface area contributed by atoms with Crippen molar-refractivity contribution in [2.24, 2.45) is 0 Å². The topological polar surface area (TPSA) is 73.1 Å². The summed E-state index contributed by atoms with van der Waals surface area (Å²) in [5.74, 6) is 2.07. The van der Waals surface area contributed by atoms with E-state index in [0.29, 0.717) is 17.7 Å². The minimum Gasteiger partial charge on any atom is -0.459 e. The highest BCUT2D eigenvalue weighted by atomic mass is 16.4. The summed E-state index contributed by atoms with van der Waals surface area (Å²) in [4.78, 5) is 11.2. The fraction of sp³-hybridized carbons (Fsp3) is 0.471. The molecule has 4 heterocycles. The lowest BCUT2D eigenvalue weighted by molar-refractivity contribution is 0.120. The summed E-state index contributed by atoms with van der Waals surface area (Å²) < 4.78 is 13.1. The molecule has 1 aliphatic rings. The van der Waals surface area contributed by atoms with E-state index in [1.54, 1.807) is 18.9 Å². The second-order valence-corrected chi connectivity index (χ2v) is 6.24. The first-order valence-electron chi connectivity index (χ1n) is 8.36. The van der Waals surface area contributed by atoms with Gasteiger partial charge >= 0.3 is 0 Å². The summed E-state index contributed by atoms with van der Waals surface area (Å²) in [6.45, 7) is 4.68. The highest BCUT2D eigenvalue weighted by molar-refractivity contribution is 5.44. The maximum Gasteiger partial charge on any atom is 0.263 e. The Bertz CT molecular complexity index is 763. The Morgan fingerprint density at radius 2 is 2.29 bits per heavy atom. The third kappa shape index (κ3) is 3.12. The molecule has 7 heteroatoms. The Hall–Kier alpha value is -2.41. The zero-order valence-electron chi connectivity index (χ0n) is 13.8. The zero-order valence-corrected chi connectivity index (χ0v) is 13.8. The van der Waals surface area contributed by atoms with Gasteiger partial charge in [-0.05, 0) is 38.4 Å². The van der Waals surface area contributed by atoms with E-state index in [0.717, 1.165) is 31.1 Å². The number of rotatable bonds is 5. The van der Waals surface area contributed by atoms with Crippen molar-refractivity contribution in [1.82, 2.24) is 24.6 Å². The lowest BCUT2D eigenvalue weighted by Crippen LogP contribution is -2.41. The lowest BCUT2D eigenvalue weighted by atomic mass is 10.0. The summed E-state index contributed by atoms with van der Waals surface area (Å²) in [7, 11) is 0. The molecule has 0 N–H and O–H groups in total. The van der Waals surface area contributed by atoms with Gasteiger partial charge in [-0.1, -0.05) is 6.42 Å². The molecule has 126 valence electrons. The smallest absolute Gasteiger partial charge is 0.263 e. The highest BCUT2D eigenvalue weighted by Crippen LogP contribution is 2.25. The van der Waals surface area contributed by atoms with Gasteiger partial charge in [0.2, 0.25) is 0 Å². The number of aromatic nitrogens is 4. The van der Waals surface area contributed by atoms with E-state index in [-0.39, 0.29) is 0 Å². The van der Waals surface area contributed by atoms with Crippen molar-refractivity contribution in [2.75, 3.05) is 6.54 Å². The third-order valence-corrected chi connectivity index (χ3v) is 4.59. The number of aryl methyl sites for hydroxylation is 1. The van der Waals surface area contributed by atoms with Gasteiger partial charge in [0.1, 0.15) is 18.4 Å². The van der Waals surface area contributed by atoms with E-state index in [1.165, 1.54) is 19.3 Å². The first kappa shape index (κ1) is 15.1. The maximum atomic E-state index is 5.78. The second-order valence-electron chi connectivity index (χ2n) is 6.24. The molecule has 0 spiro atoms. The molecule has 0 amide bonds. The molecule has 4 rings (SSSR count). The number of hydrogen-bond acceptors (Lipinski definition) is 6. The van der Waals surface area contributed by atoms with Crippen molar-refractivity contribution in [3.05, 3.63) is 42.5 Å². The molecule has 0 saturated carbocycles. The van der Waals surface area contributed by atoms with Crippen molar-refractivity contribution in [1.29, 1.82) is 0 Å². The van der Waals surface area contributed by atoms with Gasteiger partial charge in [0.05, 0.1) is 18.5 Å². The fourth-order valence-electron chi connectivity index (χ4n) is 3.29. The standard InChI is InChI=1S/C17H21N5O2/c1-13-15(20-17(24-13)16-6-4-8-23-16)10-21-7-3-2-5-14(21)9-22-12-18-11-19-22/h4,6,8,11-12,14H,2-3,5,7,9-10H2,1H3. The molecule has 24 heavy (non-hydrogen) atoms. The molecule has 0 aliphatic carbocycles. The van der Waals surface area contributed by atoms with Crippen molar-refractivity contribution in [2.45, 2.75) is 45.3 Å². The molecule has 3 aromatic heterocycles. The fourth-order valence-corrected chi connectivity index (χ4v) is 3.29. The van der Waals surface area contributed by atoms with Crippen molar-refractivity contribution in [3.63, 3.8) is 0 Å². The molecule has 0 aromatic carbocycles. The number of likely N-dealkylation sites (tertiary alicyclic amines) is 1. The lowest BCUT2D eigenvalue weighted by Gasteiger charge is -2.35. The maximum absolute atomic E-state index is 5.78. The van der Waals surface area contributed by atoms with Crippen LogP contribution in [0.15, 0.2) is 39.9 Å². The monoisotopic (exact) mass is 327 g/mol. The van der Waals surface area contributed by atoms with E-state index >= 15 is 0 Å². The van der Waals surface area contributed by atoms with Crippen LogP contribution in [-0.2, 0) is 13.1 Å². The zero-order chi connectivity index (χ0) is 16.4. The summed E-state index contributed by atoms with van der Waals surface area (Å²) in [6, 6.07) is 4.15. The third-order valence-electron chi connectivity index (χ3n) is 4.59. The highest BCUT2D eigenvalue weighted by Gasteiger charge is 2.25. The van der Waals surface area contributed by atoms with Crippen molar-refractivity contribution < 1.29 is 8.83 Å². The van der Waals surface area contributed by atoms with Crippen LogP contribution in [0.5, 0.6) is 0 Å². The molecule has 1 fully saturated rings. The van der Waals surface area contributed by atoms with Crippen LogP contribution < -0.4 is 0 Å². The largest absolute Gasteiger partial charge is 0.459 e. The minimum atomic E-state index is 0.448. The van der Waals surface area contributed by atoms with Crippen LogP contribution in [-0.4, -0.2) is 37.2 Å². The Morgan fingerprint density at radius 3 is 3.08 bits per heavy atom. The summed E-state index contributed by atoms with van der Waals surface area (Å²) >= 11 is 0. The first-order chi connectivity index (χ1) is 11.8. The van der Waals surface area contributed by atoms with E-state index in [2.05, 4.69) is 20.0 Å². The van der Waals surface area contributed by atoms with Crippen LogP contribution in [0.1, 0.15) is 30.7 Å². The van der Waals surface area contributed by atoms with Gasteiger partial charge in [-0.2, -0.15) is 5.10 Å². The van der Waals surface area contributed by atoms with Gasteiger partial charge in [-0.15, -0.1) is 0 Å². The second kappa shape index (κ2) is 6.60. The van der Waals surface area contributed by atoms with Crippen molar-refractivity contribution >= 4 is 0 Å². The molecule has 1 unspecified atom stereocenters. The minimum absolute atomic E-state index is 0.448. The first-order valence-corrected chi connectivity index (χ1v) is 8.36. The van der Waals surface area contributed by atoms with E-state index < -0.39 is 0 Å². The van der Waals surface area contributed by atoms with Crippen LogP contribution in [0, 0.1) is 6.92 Å². The van der Waals surface area contributed by atoms with Crippen LogP contribution in [0.25, 0.3) is 11.7 Å². The summed E-state index contributed by atoms with van der Waals surface area (Å²) in [6.07, 6.45) is 8.64. The van der Waals surface area contributed by atoms with Gasteiger partial charge in [0.25, 0.3) is 5.89 Å². The normalized spacial score (nSPS) is 19.0. The van der Waals surface area contributed by atoms with E-state index in [4.69, 9.17) is 8.83 Å². The van der Waals surface area contributed by atoms with Crippen LogP contribution in [0.3, 0.4) is 0 Å². The number of piperidine rings is 1. The average Bonchev–Trinajstić information content (AvgIpc) is 3.32. The molecule has 1 saturated heterocycles. The molecule has 0 bridgehead atoms.